The second-order valence-electron chi connectivity index (χ2n) is 4.08. The molecule has 2 nitrogen and oxygen atoms in total. The van der Waals surface area contributed by atoms with Crippen LogP contribution in [0.15, 0.2) is 18.5 Å². The van der Waals surface area contributed by atoms with Crippen molar-refractivity contribution in [3.8, 4) is 0 Å². The van der Waals surface area contributed by atoms with Crippen molar-refractivity contribution in [2.24, 2.45) is 0 Å². The van der Waals surface area contributed by atoms with Gasteiger partial charge in [-0.25, -0.2) is 4.39 Å². The minimum absolute atomic E-state index is 0.0583. The van der Waals surface area contributed by atoms with Crippen molar-refractivity contribution in [2.45, 2.75) is 38.0 Å². The van der Waals surface area contributed by atoms with Gasteiger partial charge in [-0.2, -0.15) is 0 Å². The molecule has 0 spiro atoms. The second kappa shape index (κ2) is 4.51. The van der Waals surface area contributed by atoms with Gasteiger partial charge in [0.2, 0.25) is 0 Å². The monoisotopic (exact) mass is 207 g/mol. The maximum Gasteiger partial charge on any atom is 0.144 e. The number of ketones is 1. The number of halogens is 1. The molecule has 3 heteroatoms. The highest BCUT2D eigenvalue weighted by Gasteiger charge is 2.21. The van der Waals surface area contributed by atoms with Gasteiger partial charge in [-0.3, -0.25) is 9.78 Å². The molecule has 0 bridgehead atoms. The van der Waals surface area contributed by atoms with Crippen LogP contribution >= 0.6 is 0 Å². The number of hydrogen-bond acceptors (Lipinski definition) is 2. The predicted molar refractivity (Wildman–Crippen MR) is 55.0 cm³/mol. The Bertz CT molecular complexity index is 364. The summed E-state index contributed by atoms with van der Waals surface area (Å²) in [7, 11) is 0. The lowest BCUT2D eigenvalue weighted by Crippen LogP contribution is -2.05. The molecule has 1 aliphatic rings. The van der Waals surface area contributed by atoms with Crippen molar-refractivity contribution in [1.29, 1.82) is 0 Å². The summed E-state index contributed by atoms with van der Waals surface area (Å²) in [5.41, 5.74) is 0.653. The summed E-state index contributed by atoms with van der Waals surface area (Å²) in [6.07, 6.45) is 6.83. The molecule has 80 valence electrons. The summed E-state index contributed by atoms with van der Waals surface area (Å²) >= 11 is 0. The van der Waals surface area contributed by atoms with Crippen LogP contribution in [0.2, 0.25) is 0 Å². The fourth-order valence-electron chi connectivity index (χ4n) is 2.17. The van der Waals surface area contributed by atoms with Crippen LogP contribution < -0.4 is 0 Å². The molecule has 0 aromatic carbocycles. The quantitative estimate of drug-likeness (QED) is 0.663. The highest BCUT2D eigenvalue weighted by atomic mass is 19.1. The Hall–Kier alpha value is -1.25. The molecule has 15 heavy (non-hydrogen) atoms. The van der Waals surface area contributed by atoms with Gasteiger partial charge in [0.1, 0.15) is 11.6 Å². The summed E-state index contributed by atoms with van der Waals surface area (Å²) in [5.74, 6) is 0.0360. The molecule has 1 heterocycles. The van der Waals surface area contributed by atoms with E-state index in [1.807, 2.05) is 0 Å². The molecule has 0 amide bonds. The first-order valence-corrected chi connectivity index (χ1v) is 5.38. The minimum atomic E-state index is -0.280. The van der Waals surface area contributed by atoms with E-state index < -0.39 is 0 Å². The lowest BCUT2D eigenvalue weighted by molar-refractivity contribution is -0.119. The molecular formula is C12H14FNO. The smallest absolute Gasteiger partial charge is 0.144 e. The van der Waals surface area contributed by atoms with Gasteiger partial charge < -0.3 is 0 Å². The van der Waals surface area contributed by atoms with E-state index in [1.165, 1.54) is 6.20 Å². The van der Waals surface area contributed by atoms with E-state index in [0.29, 0.717) is 18.4 Å². The molecule has 0 radical (unpaired) electrons. The van der Waals surface area contributed by atoms with Gasteiger partial charge in [-0.1, -0.05) is 6.42 Å². The first kappa shape index (κ1) is 10.3. The number of nitrogens with zero attached hydrogens (tertiary/aromatic N) is 1. The van der Waals surface area contributed by atoms with E-state index >= 15 is 0 Å². The van der Waals surface area contributed by atoms with Gasteiger partial charge in [-0.15, -0.1) is 0 Å². The zero-order valence-corrected chi connectivity index (χ0v) is 8.58. The van der Waals surface area contributed by atoms with Crippen LogP contribution in [0.4, 0.5) is 4.39 Å². The average molecular weight is 207 g/mol. The van der Waals surface area contributed by atoms with Crippen molar-refractivity contribution < 1.29 is 9.18 Å². The number of carbonyl (C=O) groups is 1. The normalized spacial score (nSPS) is 22.5. The summed E-state index contributed by atoms with van der Waals surface area (Å²) < 4.78 is 13.5. The summed E-state index contributed by atoms with van der Waals surface area (Å²) in [5, 5.41) is 0. The third-order valence-electron chi connectivity index (χ3n) is 2.98. The Morgan fingerprint density at radius 3 is 3.07 bits per heavy atom. The number of rotatable bonds is 1. The van der Waals surface area contributed by atoms with Crippen LogP contribution in [0, 0.1) is 5.82 Å². The largest absolute Gasteiger partial charge is 0.300 e. The standard InChI is InChI=1S/C12H14FNO/c13-12-8-14-6-5-11(12)9-3-1-2-4-10(15)7-9/h5-6,8-9H,1-4,7H2/t9-/m0/s1. The number of hydrogen-bond donors (Lipinski definition) is 0. The van der Waals surface area contributed by atoms with Crippen molar-refractivity contribution in [3.05, 3.63) is 29.8 Å². The van der Waals surface area contributed by atoms with Crippen molar-refractivity contribution in [3.63, 3.8) is 0 Å². The molecule has 1 aromatic rings. The molecule has 1 aromatic heterocycles. The lowest BCUT2D eigenvalue weighted by atomic mass is 9.92. The van der Waals surface area contributed by atoms with Gasteiger partial charge in [0.15, 0.2) is 0 Å². The first-order chi connectivity index (χ1) is 7.27. The molecule has 0 saturated heterocycles. The molecule has 1 atom stereocenters. The van der Waals surface area contributed by atoms with Crippen molar-refractivity contribution in [2.75, 3.05) is 0 Å². The van der Waals surface area contributed by atoms with Crippen LogP contribution in [0.5, 0.6) is 0 Å². The number of carbonyl (C=O) groups excluding carboxylic acids is 1. The van der Waals surface area contributed by atoms with Crippen LogP contribution in [0.1, 0.15) is 43.6 Å². The zero-order valence-electron chi connectivity index (χ0n) is 8.58. The maximum absolute atomic E-state index is 13.5. The van der Waals surface area contributed by atoms with Crippen LogP contribution in [-0.4, -0.2) is 10.8 Å². The fourth-order valence-corrected chi connectivity index (χ4v) is 2.17. The van der Waals surface area contributed by atoms with Crippen molar-refractivity contribution in [1.82, 2.24) is 4.98 Å². The molecule has 1 fully saturated rings. The third kappa shape index (κ3) is 2.41. The van der Waals surface area contributed by atoms with E-state index in [4.69, 9.17) is 0 Å². The molecule has 1 saturated carbocycles. The van der Waals surface area contributed by atoms with E-state index in [1.54, 1.807) is 12.3 Å². The second-order valence-corrected chi connectivity index (χ2v) is 4.08. The molecule has 0 aliphatic heterocycles. The van der Waals surface area contributed by atoms with Crippen LogP contribution in [-0.2, 0) is 4.79 Å². The minimum Gasteiger partial charge on any atom is -0.300 e. The number of aromatic nitrogens is 1. The molecule has 0 unspecified atom stereocenters. The highest BCUT2D eigenvalue weighted by Crippen LogP contribution is 2.30. The van der Waals surface area contributed by atoms with Gasteiger partial charge in [0.25, 0.3) is 0 Å². The zero-order chi connectivity index (χ0) is 10.7. The van der Waals surface area contributed by atoms with E-state index in [2.05, 4.69) is 4.98 Å². The van der Waals surface area contributed by atoms with E-state index in [9.17, 15) is 9.18 Å². The maximum atomic E-state index is 13.5. The third-order valence-corrected chi connectivity index (χ3v) is 2.98. The van der Waals surface area contributed by atoms with Gasteiger partial charge in [0, 0.05) is 19.0 Å². The van der Waals surface area contributed by atoms with Gasteiger partial charge in [0.05, 0.1) is 6.20 Å². The molecule has 1 aliphatic carbocycles. The predicted octanol–water partition coefficient (Wildman–Crippen LogP) is 2.84. The Kier molecular flexibility index (Phi) is 3.09. The number of Topliss-reactive ketones (excluding diaryl/α,β-unsaturated/α-hetero) is 1. The Morgan fingerprint density at radius 2 is 2.27 bits per heavy atom. The van der Waals surface area contributed by atoms with E-state index in [-0.39, 0.29) is 17.5 Å². The topological polar surface area (TPSA) is 30.0 Å². The average Bonchev–Trinajstić information content (AvgIpc) is 2.43. The van der Waals surface area contributed by atoms with E-state index in [0.717, 1.165) is 19.3 Å². The van der Waals surface area contributed by atoms with Gasteiger partial charge in [-0.05, 0) is 30.4 Å². The van der Waals surface area contributed by atoms with Crippen molar-refractivity contribution >= 4 is 5.78 Å². The van der Waals surface area contributed by atoms with Gasteiger partial charge >= 0.3 is 0 Å². The Morgan fingerprint density at radius 1 is 1.40 bits per heavy atom. The molecular weight excluding hydrogens is 193 g/mol. The highest BCUT2D eigenvalue weighted by molar-refractivity contribution is 5.79. The van der Waals surface area contributed by atoms with Crippen LogP contribution in [0.25, 0.3) is 0 Å². The first-order valence-electron chi connectivity index (χ1n) is 5.38. The Labute approximate surface area is 88.5 Å². The summed E-state index contributed by atoms with van der Waals surface area (Å²) in [6, 6.07) is 1.69. The molecule has 2 rings (SSSR count). The number of pyridine rings is 1. The Balaban J connectivity index is 2.22. The SMILES string of the molecule is O=C1CCCC[C@H](c2ccncc2F)C1. The molecule has 0 N–H and O–H groups in total. The fraction of sp³-hybridized carbons (Fsp3) is 0.500. The summed E-state index contributed by atoms with van der Waals surface area (Å²) in [6.45, 7) is 0. The van der Waals surface area contributed by atoms with Crippen LogP contribution in [0.3, 0.4) is 0 Å². The summed E-state index contributed by atoms with van der Waals surface area (Å²) in [4.78, 5) is 15.2. The lowest BCUT2D eigenvalue weighted by Gasteiger charge is -2.13.